The number of halogens is 3. The molecule has 2 N–H and O–H groups in total. The summed E-state index contributed by atoms with van der Waals surface area (Å²) >= 11 is 0. The lowest BCUT2D eigenvalue weighted by molar-refractivity contribution is -0.137. The number of hydrogen-bond acceptors (Lipinski definition) is 4. The molecule has 1 aromatic carbocycles. The maximum absolute atomic E-state index is 12.6. The zero-order valence-corrected chi connectivity index (χ0v) is 15.7. The molecule has 6 nitrogen and oxygen atoms in total. The van der Waals surface area contributed by atoms with Crippen molar-refractivity contribution >= 4 is 5.96 Å². The maximum atomic E-state index is 12.6. The van der Waals surface area contributed by atoms with E-state index in [0.717, 1.165) is 23.3 Å². The van der Waals surface area contributed by atoms with Gasteiger partial charge < -0.3 is 20.1 Å². The van der Waals surface area contributed by atoms with Gasteiger partial charge in [0.25, 0.3) is 0 Å². The molecule has 28 heavy (non-hydrogen) atoms. The van der Waals surface area contributed by atoms with Crippen molar-refractivity contribution in [1.29, 1.82) is 0 Å². The molecular weight excluding hydrogens is 373 g/mol. The molecule has 2 aromatic rings. The average Bonchev–Trinajstić information content (AvgIpc) is 2.69. The first kappa shape index (κ1) is 21.5. The quantitative estimate of drug-likeness (QED) is 0.408. The summed E-state index contributed by atoms with van der Waals surface area (Å²) in [7, 11) is 3.22. The molecule has 0 bridgehead atoms. The van der Waals surface area contributed by atoms with E-state index in [-0.39, 0.29) is 0 Å². The highest BCUT2D eigenvalue weighted by molar-refractivity contribution is 5.79. The Balaban J connectivity index is 1.79. The van der Waals surface area contributed by atoms with E-state index in [2.05, 4.69) is 20.6 Å². The number of benzene rings is 1. The Bertz CT molecular complexity index is 747. The number of methoxy groups -OCH3 is 1. The van der Waals surface area contributed by atoms with Crippen molar-refractivity contribution in [2.24, 2.45) is 4.99 Å². The highest BCUT2D eigenvalue weighted by Gasteiger charge is 2.29. The number of guanidine groups is 1. The van der Waals surface area contributed by atoms with Gasteiger partial charge in [-0.25, -0.2) is 4.98 Å². The molecule has 0 saturated carbocycles. The third-order valence-corrected chi connectivity index (χ3v) is 3.76. The van der Waals surface area contributed by atoms with Crippen LogP contribution in [0.25, 0.3) is 0 Å². The summed E-state index contributed by atoms with van der Waals surface area (Å²) < 4.78 is 48.1. The third kappa shape index (κ3) is 7.07. The van der Waals surface area contributed by atoms with Crippen LogP contribution in [0.1, 0.15) is 16.7 Å². The molecule has 0 aliphatic rings. The lowest BCUT2D eigenvalue weighted by atomic mass is 10.1. The summed E-state index contributed by atoms with van der Waals surface area (Å²) in [6.07, 6.45) is -2.64. The van der Waals surface area contributed by atoms with Gasteiger partial charge in [0.2, 0.25) is 5.88 Å². The molecule has 0 amide bonds. The van der Waals surface area contributed by atoms with E-state index in [9.17, 15) is 13.2 Å². The molecule has 1 aromatic heterocycles. The van der Waals surface area contributed by atoms with Crippen molar-refractivity contribution in [3.63, 3.8) is 0 Å². The summed E-state index contributed by atoms with van der Waals surface area (Å²) in [5.74, 6) is 1.05. The van der Waals surface area contributed by atoms with Crippen molar-refractivity contribution in [1.82, 2.24) is 15.6 Å². The molecule has 0 aliphatic heterocycles. The van der Waals surface area contributed by atoms with Crippen molar-refractivity contribution < 1.29 is 22.6 Å². The number of rotatable bonds is 8. The Morgan fingerprint density at radius 2 is 1.64 bits per heavy atom. The van der Waals surface area contributed by atoms with Gasteiger partial charge >= 0.3 is 6.18 Å². The van der Waals surface area contributed by atoms with Crippen LogP contribution in [0.2, 0.25) is 0 Å². The first-order chi connectivity index (χ1) is 13.4. The van der Waals surface area contributed by atoms with Gasteiger partial charge in [0.15, 0.2) is 5.96 Å². The third-order valence-electron chi connectivity index (χ3n) is 3.76. The molecular formula is C19H23F3N4O2. The number of nitrogens with zero attached hydrogens (tertiary/aromatic N) is 2. The highest BCUT2D eigenvalue weighted by Crippen LogP contribution is 2.29. The maximum Gasteiger partial charge on any atom is 0.416 e. The lowest BCUT2D eigenvalue weighted by Gasteiger charge is -2.13. The van der Waals surface area contributed by atoms with Gasteiger partial charge in [-0.15, -0.1) is 0 Å². The Hall–Kier alpha value is -2.81. The van der Waals surface area contributed by atoms with E-state index in [0.29, 0.717) is 38.1 Å². The Morgan fingerprint density at radius 3 is 2.18 bits per heavy atom. The second-order valence-corrected chi connectivity index (χ2v) is 5.82. The summed E-state index contributed by atoms with van der Waals surface area (Å²) in [6, 6.07) is 8.66. The van der Waals surface area contributed by atoms with E-state index < -0.39 is 11.7 Å². The highest BCUT2D eigenvalue weighted by atomic mass is 19.4. The van der Waals surface area contributed by atoms with Crippen LogP contribution in [0.3, 0.4) is 0 Å². The summed E-state index contributed by atoms with van der Waals surface area (Å²) in [4.78, 5) is 8.30. The predicted molar refractivity (Wildman–Crippen MR) is 100 cm³/mol. The Labute approximate surface area is 161 Å². The number of alkyl halides is 3. The van der Waals surface area contributed by atoms with Crippen LogP contribution in [0.15, 0.2) is 47.6 Å². The number of aromatic nitrogens is 1. The normalized spacial score (nSPS) is 12.0. The minimum absolute atomic E-state index is 0.350. The van der Waals surface area contributed by atoms with Gasteiger partial charge in [-0.3, -0.25) is 4.99 Å². The molecule has 0 fully saturated rings. The molecule has 1 heterocycles. The molecule has 2 rings (SSSR count). The van der Waals surface area contributed by atoms with Crippen molar-refractivity contribution in [2.75, 3.05) is 27.4 Å². The van der Waals surface area contributed by atoms with Crippen LogP contribution in [0.5, 0.6) is 5.88 Å². The molecule has 0 aliphatic carbocycles. The minimum atomic E-state index is -4.33. The van der Waals surface area contributed by atoms with Crippen LogP contribution in [0.4, 0.5) is 13.2 Å². The van der Waals surface area contributed by atoms with E-state index in [4.69, 9.17) is 9.47 Å². The van der Waals surface area contributed by atoms with Gasteiger partial charge in [0.1, 0.15) is 6.61 Å². The van der Waals surface area contributed by atoms with Crippen LogP contribution >= 0.6 is 0 Å². The zero-order chi connectivity index (χ0) is 20.4. The molecule has 0 unspecified atom stereocenters. The van der Waals surface area contributed by atoms with Gasteiger partial charge in [0, 0.05) is 39.5 Å². The standard InChI is InChI=1S/C19H23F3N4O2/c1-23-18(25-11-14-3-6-16(7-4-14)19(20,21)22)26-13-15-5-8-17(24-12-15)28-10-9-27-2/h3-8,12H,9-11,13H2,1-2H3,(H2,23,25,26). The van der Waals surface area contributed by atoms with Crippen molar-refractivity contribution in [3.05, 3.63) is 59.3 Å². The van der Waals surface area contributed by atoms with Crippen LogP contribution < -0.4 is 15.4 Å². The summed E-state index contributed by atoms with van der Waals surface area (Å²) in [5.41, 5.74) is 0.979. The zero-order valence-electron chi connectivity index (χ0n) is 15.7. The largest absolute Gasteiger partial charge is 0.475 e. The fourth-order valence-corrected chi connectivity index (χ4v) is 2.23. The number of pyridine rings is 1. The van der Waals surface area contributed by atoms with Crippen LogP contribution in [0, 0.1) is 0 Å². The first-order valence-corrected chi connectivity index (χ1v) is 8.59. The van der Waals surface area contributed by atoms with Gasteiger partial charge in [0.05, 0.1) is 12.2 Å². The van der Waals surface area contributed by atoms with E-state index in [1.54, 1.807) is 26.4 Å². The average molecular weight is 396 g/mol. The topological polar surface area (TPSA) is 67.8 Å². The minimum Gasteiger partial charge on any atom is -0.475 e. The number of ether oxygens (including phenoxy) is 2. The molecule has 0 saturated heterocycles. The first-order valence-electron chi connectivity index (χ1n) is 8.59. The van der Waals surface area contributed by atoms with E-state index in [1.807, 2.05) is 6.07 Å². The Morgan fingerprint density at radius 1 is 1.00 bits per heavy atom. The molecule has 152 valence electrons. The van der Waals surface area contributed by atoms with E-state index >= 15 is 0 Å². The summed E-state index contributed by atoms with van der Waals surface area (Å²) in [6.45, 7) is 1.76. The van der Waals surface area contributed by atoms with Crippen LogP contribution in [-0.4, -0.2) is 38.3 Å². The fraction of sp³-hybridized carbons (Fsp3) is 0.368. The van der Waals surface area contributed by atoms with Crippen molar-refractivity contribution in [3.8, 4) is 5.88 Å². The smallest absolute Gasteiger partial charge is 0.416 e. The van der Waals surface area contributed by atoms with Gasteiger partial charge in [-0.2, -0.15) is 13.2 Å². The Kier molecular flexibility index (Phi) is 8.06. The molecule has 9 heteroatoms. The second kappa shape index (κ2) is 10.5. The van der Waals surface area contributed by atoms with Crippen molar-refractivity contribution in [2.45, 2.75) is 19.3 Å². The number of nitrogens with one attached hydrogen (secondary N) is 2. The van der Waals surface area contributed by atoms with Gasteiger partial charge in [-0.1, -0.05) is 18.2 Å². The SMILES string of the molecule is CN=C(NCc1ccc(C(F)(F)F)cc1)NCc1ccc(OCCOC)nc1. The molecule has 0 atom stereocenters. The molecule has 0 spiro atoms. The predicted octanol–water partition coefficient (Wildman–Crippen LogP) is 2.99. The fourth-order valence-electron chi connectivity index (χ4n) is 2.23. The second-order valence-electron chi connectivity index (χ2n) is 5.82. The monoisotopic (exact) mass is 396 g/mol. The van der Waals surface area contributed by atoms with E-state index in [1.165, 1.54) is 12.1 Å². The summed E-state index contributed by atoms with van der Waals surface area (Å²) in [5, 5.41) is 6.18. The van der Waals surface area contributed by atoms with Crippen LogP contribution in [-0.2, 0) is 24.0 Å². The number of aliphatic imine (C=N–C) groups is 1. The van der Waals surface area contributed by atoms with Gasteiger partial charge in [-0.05, 0) is 23.3 Å². The lowest BCUT2D eigenvalue weighted by Crippen LogP contribution is -2.36. The molecule has 0 radical (unpaired) electrons. The number of hydrogen-bond donors (Lipinski definition) is 2.